The smallest absolute Gasteiger partial charge is 0.288 e. The van der Waals surface area contributed by atoms with E-state index in [1.54, 1.807) is 19.2 Å². The summed E-state index contributed by atoms with van der Waals surface area (Å²) >= 11 is 5.85. The number of nitrogens with one attached hydrogen (secondary N) is 1. The third-order valence-electron chi connectivity index (χ3n) is 2.65. The first-order valence-electron chi connectivity index (χ1n) is 5.65. The first kappa shape index (κ1) is 14.7. The largest absolute Gasteiger partial charge is 0.383 e. The highest BCUT2D eigenvalue weighted by Crippen LogP contribution is 2.27. The van der Waals surface area contributed by atoms with Gasteiger partial charge < -0.3 is 10.1 Å². The molecule has 0 aliphatic rings. The van der Waals surface area contributed by atoms with E-state index in [0.29, 0.717) is 12.5 Å². The normalized spacial score (nSPS) is 12.5. The summed E-state index contributed by atoms with van der Waals surface area (Å²) in [4.78, 5) is 10.1. The van der Waals surface area contributed by atoms with E-state index in [0.717, 1.165) is 5.69 Å². The molecular formula is C12H17ClN2O3. The molecule has 6 heteroatoms. The lowest BCUT2D eigenvalue weighted by Gasteiger charge is -2.22. The average molecular weight is 273 g/mol. The number of ether oxygens (including phenoxy) is 1. The van der Waals surface area contributed by atoms with E-state index in [1.165, 1.54) is 6.07 Å². The van der Waals surface area contributed by atoms with Gasteiger partial charge >= 0.3 is 0 Å². The minimum atomic E-state index is -0.499. The molecule has 0 bridgehead atoms. The van der Waals surface area contributed by atoms with Crippen LogP contribution in [-0.4, -0.2) is 24.7 Å². The summed E-state index contributed by atoms with van der Waals surface area (Å²) in [5.74, 6) is 0.374. The minimum absolute atomic E-state index is 0.0879. The number of halogens is 1. The topological polar surface area (TPSA) is 64.4 Å². The van der Waals surface area contributed by atoms with Gasteiger partial charge in [0.1, 0.15) is 5.02 Å². The molecule has 0 amide bonds. The van der Waals surface area contributed by atoms with Crippen molar-refractivity contribution < 1.29 is 9.66 Å². The molecule has 0 fully saturated rings. The van der Waals surface area contributed by atoms with Crippen molar-refractivity contribution in [1.82, 2.24) is 0 Å². The van der Waals surface area contributed by atoms with Crippen LogP contribution in [0.4, 0.5) is 11.4 Å². The maximum absolute atomic E-state index is 10.6. The number of methoxy groups -OCH3 is 1. The zero-order valence-corrected chi connectivity index (χ0v) is 11.4. The second-order valence-corrected chi connectivity index (χ2v) is 4.78. The van der Waals surface area contributed by atoms with E-state index in [-0.39, 0.29) is 16.8 Å². The lowest BCUT2D eigenvalue weighted by atomic mass is 10.1. The number of nitro groups is 1. The van der Waals surface area contributed by atoms with Crippen molar-refractivity contribution in [2.45, 2.75) is 19.9 Å². The molecule has 1 atom stereocenters. The maximum atomic E-state index is 10.6. The molecule has 0 heterocycles. The Hall–Kier alpha value is -1.33. The van der Waals surface area contributed by atoms with Gasteiger partial charge in [0.05, 0.1) is 17.6 Å². The molecule has 5 nitrogen and oxygen atoms in total. The fourth-order valence-corrected chi connectivity index (χ4v) is 1.79. The van der Waals surface area contributed by atoms with Crippen molar-refractivity contribution >= 4 is 23.0 Å². The number of anilines is 1. The summed E-state index contributed by atoms with van der Waals surface area (Å²) in [6.45, 7) is 4.71. The molecule has 18 heavy (non-hydrogen) atoms. The molecule has 1 aromatic carbocycles. The van der Waals surface area contributed by atoms with E-state index in [1.807, 2.05) is 0 Å². The minimum Gasteiger partial charge on any atom is -0.383 e. The summed E-state index contributed by atoms with van der Waals surface area (Å²) in [7, 11) is 1.64. The Morgan fingerprint density at radius 3 is 2.61 bits per heavy atom. The Labute approximate surface area is 111 Å². The van der Waals surface area contributed by atoms with Gasteiger partial charge in [-0.05, 0) is 18.1 Å². The van der Waals surface area contributed by atoms with Crippen LogP contribution in [0.25, 0.3) is 0 Å². The third kappa shape index (κ3) is 3.85. The first-order valence-corrected chi connectivity index (χ1v) is 6.03. The van der Waals surface area contributed by atoms with Gasteiger partial charge in [0.2, 0.25) is 0 Å². The average Bonchev–Trinajstić information content (AvgIpc) is 2.27. The molecular weight excluding hydrogens is 256 g/mol. The molecule has 1 unspecified atom stereocenters. The molecule has 0 aliphatic heterocycles. The van der Waals surface area contributed by atoms with E-state index in [2.05, 4.69) is 19.2 Å². The zero-order valence-electron chi connectivity index (χ0n) is 10.6. The van der Waals surface area contributed by atoms with Crippen LogP contribution in [0.5, 0.6) is 0 Å². The standard InChI is InChI=1S/C12H17ClN2O3/c1-8(2)11(7-18-3)14-9-4-5-12(15(16)17)10(13)6-9/h4-6,8,11,14H,7H2,1-3H3. The van der Waals surface area contributed by atoms with Gasteiger partial charge in [-0.2, -0.15) is 0 Å². The molecule has 0 saturated heterocycles. The van der Waals surface area contributed by atoms with E-state index < -0.39 is 4.92 Å². The van der Waals surface area contributed by atoms with Crippen molar-refractivity contribution in [2.75, 3.05) is 19.0 Å². The van der Waals surface area contributed by atoms with Gasteiger partial charge in [-0.25, -0.2) is 0 Å². The molecule has 1 rings (SSSR count). The summed E-state index contributed by atoms with van der Waals surface area (Å²) in [5.41, 5.74) is 0.663. The summed E-state index contributed by atoms with van der Waals surface area (Å²) in [6, 6.07) is 4.74. The predicted octanol–water partition coefficient (Wildman–Crippen LogP) is 3.33. The fourth-order valence-electron chi connectivity index (χ4n) is 1.54. The summed E-state index contributed by atoms with van der Waals surface area (Å²) in [6.07, 6.45) is 0. The molecule has 0 saturated carbocycles. The molecule has 0 spiro atoms. The van der Waals surface area contributed by atoms with Crippen molar-refractivity contribution in [3.8, 4) is 0 Å². The summed E-state index contributed by atoms with van der Waals surface area (Å²) in [5, 5.41) is 14.0. The van der Waals surface area contributed by atoms with Gasteiger partial charge in [0, 0.05) is 18.9 Å². The Bertz CT molecular complexity index is 424. The SMILES string of the molecule is COCC(Nc1ccc([N+](=O)[O-])c(Cl)c1)C(C)C. The summed E-state index contributed by atoms with van der Waals surface area (Å²) < 4.78 is 5.13. The van der Waals surface area contributed by atoms with Crippen LogP contribution in [0.3, 0.4) is 0 Å². The van der Waals surface area contributed by atoms with Gasteiger partial charge in [0.25, 0.3) is 5.69 Å². The van der Waals surface area contributed by atoms with Crippen molar-refractivity contribution in [2.24, 2.45) is 5.92 Å². The maximum Gasteiger partial charge on any atom is 0.288 e. The van der Waals surface area contributed by atoms with E-state index >= 15 is 0 Å². The number of benzene rings is 1. The van der Waals surface area contributed by atoms with E-state index in [4.69, 9.17) is 16.3 Å². The third-order valence-corrected chi connectivity index (χ3v) is 2.95. The van der Waals surface area contributed by atoms with Crippen LogP contribution in [0, 0.1) is 16.0 Å². The van der Waals surface area contributed by atoms with Crippen molar-refractivity contribution in [3.63, 3.8) is 0 Å². The quantitative estimate of drug-likeness (QED) is 0.637. The van der Waals surface area contributed by atoms with Crippen LogP contribution in [-0.2, 0) is 4.74 Å². The molecule has 100 valence electrons. The Morgan fingerprint density at radius 2 is 2.17 bits per heavy atom. The molecule has 0 radical (unpaired) electrons. The van der Waals surface area contributed by atoms with Crippen LogP contribution in [0.1, 0.15) is 13.8 Å². The highest BCUT2D eigenvalue weighted by atomic mass is 35.5. The highest BCUT2D eigenvalue weighted by molar-refractivity contribution is 6.32. The van der Waals surface area contributed by atoms with Crippen LogP contribution in [0.2, 0.25) is 5.02 Å². The van der Waals surface area contributed by atoms with Gasteiger partial charge in [-0.3, -0.25) is 10.1 Å². The second-order valence-electron chi connectivity index (χ2n) is 4.37. The second kappa shape index (κ2) is 6.56. The van der Waals surface area contributed by atoms with Gasteiger partial charge in [0.15, 0.2) is 0 Å². The molecule has 1 N–H and O–H groups in total. The predicted molar refractivity (Wildman–Crippen MR) is 72.2 cm³/mol. The Morgan fingerprint density at radius 1 is 1.50 bits per heavy atom. The van der Waals surface area contributed by atoms with Crippen LogP contribution >= 0.6 is 11.6 Å². The van der Waals surface area contributed by atoms with Crippen LogP contribution in [0.15, 0.2) is 18.2 Å². The lowest BCUT2D eigenvalue weighted by Crippen LogP contribution is -2.30. The number of hydrogen-bond donors (Lipinski definition) is 1. The molecule has 0 aliphatic carbocycles. The molecule has 1 aromatic rings. The first-order chi connectivity index (χ1) is 8.45. The monoisotopic (exact) mass is 272 g/mol. The Balaban J connectivity index is 2.84. The van der Waals surface area contributed by atoms with Gasteiger partial charge in [-0.15, -0.1) is 0 Å². The van der Waals surface area contributed by atoms with Crippen LogP contribution < -0.4 is 5.32 Å². The zero-order chi connectivity index (χ0) is 13.7. The number of rotatable bonds is 6. The number of hydrogen-bond acceptors (Lipinski definition) is 4. The van der Waals surface area contributed by atoms with Crippen molar-refractivity contribution in [1.29, 1.82) is 0 Å². The number of nitro benzene ring substituents is 1. The van der Waals surface area contributed by atoms with E-state index in [9.17, 15) is 10.1 Å². The fraction of sp³-hybridized carbons (Fsp3) is 0.500. The lowest BCUT2D eigenvalue weighted by molar-refractivity contribution is -0.384. The highest BCUT2D eigenvalue weighted by Gasteiger charge is 2.16. The molecule has 0 aromatic heterocycles. The van der Waals surface area contributed by atoms with Crippen molar-refractivity contribution in [3.05, 3.63) is 33.3 Å². The number of nitrogens with zero attached hydrogens (tertiary/aromatic N) is 1. The van der Waals surface area contributed by atoms with Gasteiger partial charge in [-0.1, -0.05) is 25.4 Å². The Kier molecular flexibility index (Phi) is 5.37.